The number of fused-ring (bicyclic) bond motifs is 1. The second-order valence-electron chi connectivity index (χ2n) is 2.61. The van der Waals surface area contributed by atoms with Crippen molar-refractivity contribution >= 4 is 6.08 Å². The molecule has 0 spiro atoms. The Morgan fingerprint density at radius 1 is 1.21 bits per heavy atom. The molecule has 0 atom stereocenters. The van der Waals surface area contributed by atoms with Crippen LogP contribution in [-0.2, 0) is 6.42 Å². The fourth-order valence-corrected chi connectivity index (χ4v) is 1.13. The number of pyridine rings is 1. The standard InChI is InChI=1S/C8H7N.ClHO4/c1-2-7-4-5-9-6-8(7)3-1;2-1(3,4)5/h1,3-6H,2H2;(H,2,3,4,5). The van der Waals surface area contributed by atoms with Crippen LogP contribution in [0.25, 0.3) is 6.08 Å². The van der Waals surface area contributed by atoms with Crippen LogP contribution in [0.5, 0.6) is 0 Å². The van der Waals surface area contributed by atoms with E-state index >= 15 is 0 Å². The van der Waals surface area contributed by atoms with Gasteiger partial charge >= 0.3 is 0 Å². The van der Waals surface area contributed by atoms with Gasteiger partial charge in [0, 0.05) is 11.6 Å². The highest BCUT2D eigenvalue weighted by Gasteiger charge is 2.04. The molecule has 14 heavy (non-hydrogen) atoms. The zero-order valence-electron chi connectivity index (χ0n) is 7.10. The quantitative estimate of drug-likeness (QED) is 0.446. The molecule has 1 aromatic heterocycles. The van der Waals surface area contributed by atoms with E-state index in [9.17, 15) is 0 Å². The topological polar surface area (TPSA) is 106 Å². The summed E-state index contributed by atoms with van der Waals surface area (Å²) in [5.74, 6) is 0. The first-order chi connectivity index (χ1) is 6.47. The highest BCUT2D eigenvalue weighted by Crippen LogP contribution is 2.15. The van der Waals surface area contributed by atoms with Gasteiger partial charge in [0.25, 0.3) is 0 Å². The van der Waals surface area contributed by atoms with Crippen molar-refractivity contribution in [3.05, 3.63) is 35.7 Å². The van der Waals surface area contributed by atoms with Crippen molar-refractivity contribution in [1.82, 2.24) is 0 Å². The third kappa shape index (κ3) is 4.31. The van der Waals surface area contributed by atoms with Crippen LogP contribution in [-0.4, -0.2) is 0 Å². The molecule has 5 nitrogen and oxygen atoms in total. The average Bonchev–Trinajstić information content (AvgIpc) is 2.47. The zero-order valence-corrected chi connectivity index (χ0v) is 7.86. The first-order valence-corrected chi connectivity index (χ1v) is 4.97. The highest BCUT2D eigenvalue weighted by molar-refractivity contribution is 5.57. The van der Waals surface area contributed by atoms with Crippen molar-refractivity contribution in [2.75, 3.05) is 0 Å². The molecule has 2 rings (SSSR count). The van der Waals surface area contributed by atoms with Crippen molar-refractivity contribution in [2.24, 2.45) is 0 Å². The predicted octanol–water partition coefficient (Wildman–Crippen LogP) is -3.69. The summed E-state index contributed by atoms with van der Waals surface area (Å²) < 4.78 is 34.0. The van der Waals surface area contributed by atoms with Crippen LogP contribution in [0, 0.1) is 10.2 Å². The molecule has 1 heterocycles. The summed E-state index contributed by atoms with van der Waals surface area (Å²) in [5, 5.41) is 0. The first kappa shape index (κ1) is 11.1. The fourth-order valence-electron chi connectivity index (χ4n) is 1.13. The van der Waals surface area contributed by atoms with Gasteiger partial charge < -0.3 is 0 Å². The number of aromatic amines is 1. The summed E-state index contributed by atoms with van der Waals surface area (Å²) in [6, 6.07) is 2.12. The largest absolute Gasteiger partial charge is 0.222 e. The van der Waals surface area contributed by atoms with Crippen molar-refractivity contribution in [2.45, 2.75) is 6.42 Å². The van der Waals surface area contributed by atoms with Crippen LogP contribution >= 0.6 is 0 Å². The molecule has 0 aromatic carbocycles. The molecular weight excluding hydrogens is 210 g/mol. The molecule has 0 saturated heterocycles. The van der Waals surface area contributed by atoms with Gasteiger partial charge in [0.05, 0.1) is 0 Å². The van der Waals surface area contributed by atoms with E-state index in [0.29, 0.717) is 0 Å². The predicted molar refractivity (Wildman–Crippen MR) is 35.7 cm³/mol. The monoisotopic (exact) mass is 217 g/mol. The fraction of sp³-hybridized carbons (Fsp3) is 0.125. The van der Waals surface area contributed by atoms with E-state index in [1.807, 2.05) is 12.4 Å². The SMILES string of the molecule is C1=Cc2c[nH+]ccc2C1.[O-][Cl+3]([O-])([O-])[O-]. The summed E-state index contributed by atoms with van der Waals surface area (Å²) in [7, 11) is -4.94. The molecule has 0 fully saturated rings. The van der Waals surface area contributed by atoms with Crippen LogP contribution in [0.15, 0.2) is 24.5 Å². The molecule has 0 amide bonds. The molecule has 0 unspecified atom stereocenters. The van der Waals surface area contributed by atoms with Gasteiger partial charge in [-0.2, -0.15) is 0 Å². The lowest BCUT2D eigenvalue weighted by Crippen LogP contribution is -2.68. The normalized spacial score (nSPS) is 13.1. The Hall–Kier alpha value is -0.980. The van der Waals surface area contributed by atoms with Crippen LogP contribution < -0.4 is 23.6 Å². The van der Waals surface area contributed by atoms with Gasteiger partial charge in [0.2, 0.25) is 0 Å². The van der Waals surface area contributed by atoms with Gasteiger partial charge in [-0.25, -0.2) is 23.6 Å². The van der Waals surface area contributed by atoms with E-state index in [4.69, 9.17) is 18.6 Å². The maximum absolute atomic E-state index is 8.49. The van der Waals surface area contributed by atoms with Crippen LogP contribution in [0.3, 0.4) is 0 Å². The Balaban J connectivity index is 0.000000171. The van der Waals surface area contributed by atoms with Crippen LogP contribution in [0.4, 0.5) is 0 Å². The lowest BCUT2D eigenvalue weighted by Gasteiger charge is -2.17. The van der Waals surface area contributed by atoms with E-state index < -0.39 is 10.2 Å². The minimum atomic E-state index is -4.94. The molecule has 0 aliphatic heterocycles. The molecule has 0 saturated carbocycles. The smallest absolute Gasteiger partial charge is 0.174 e. The summed E-state index contributed by atoms with van der Waals surface area (Å²) in [6.07, 6.45) is 9.42. The van der Waals surface area contributed by atoms with E-state index in [0.717, 1.165) is 6.42 Å². The molecule has 0 bridgehead atoms. The number of nitrogens with one attached hydrogen (secondary N) is 1. The van der Waals surface area contributed by atoms with Gasteiger partial charge in [0.15, 0.2) is 12.4 Å². The number of allylic oxidation sites excluding steroid dienone is 1. The molecule has 6 heteroatoms. The van der Waals surface area contributed by atoms with E-state index in [-0.39, 0.29) is 0 Å². The van der Waals surface area contributed by atoms with Crippen molar-refractivity contribution in [3.63, 3.8) is 0 Å². The molecule has 1 aliphatic rings. The third-order valence-electron chi connectivity index (χ3n) is 1.63. The van der Waals surface area contributed by atoms with Gasteiger partial charge in [-0.15, -0.1) is 10.2 Å². The lowest BCUT2D eigenvalue weighted by atomic mass is 10.2. The lowest BCUT2D eigenvalue weighted by molar-refractivity contribution is -2.00. The minimum absolute atomic E-state index is 1.10. The first-order valence-electron chi connectivity index (χ1n) is 3.74. The molecule has 1 N–H and O–H groups in total. The van der Waals surface area contributed by atoms with Crippen molar-refractivity contribution < 1.29 is 33.9 Å². The van der Waals surface area contributed by atoms with Gasteiger partial charge in [-0.05, 0) is 12.0 Å². The molecule has 0 radical (unpaired) electrons. The van der Waals surface area contributed by atoms with Gasteiger partial charge in [0.1, 0.15) is 0 Å². The highest BCUT2D eigenvalue weighted by atomic mass is 35.7. The van der Waals surface area contributed by atoms with E-state index in [1.54, 1.807) is 0 Å². The number of hydrogen-bond donors (Lipinski definition) is 0. The van der Waals surface area contributed by atoms with Crippen molar-refractivity contribution in [1.29, 1.82) is 0 Å². The van der Waals surface area contributed by atoms with E-state index in [2.05, 4.69) is 23.2 Å². The summed E-state index contributed by atoms with van der Waals surface area (Å²) in [5.41, 5.74) is 2.76. The molecule has 76 valence electrons. The Morgan fingerprint density at radius 3 is 2.43 bits per heavy atom. The molecule has 1 aromatic rings. The summed E-state index contributed by atoms with van der Waals surface area (Å²) >= 11 is 0. The van der Waals surface area contributed by atoms with Crippen molar-refractivity contribution in [3.8, 4) is 0 Å². The Bertz CT molecular complexity index is 328. The second-order valence-corrected chi connectivity index (χ2v) is 3.37. The summed E-state index contributed by atoms with van der Waals surface area (Å²) in [6.45, 7) is 0. The minimum Gasteiger partial charge on any atom is -0.222 e. The number of rotatable bonds is 0. The van der Waals surface area contributed by atoms with Crippen LogP contribution in [0.1, 0.15) is 11.1 Å². The number of H-pyrrole nitrogens is 1. The van der Waals surface area contributed by atoms with Gasteiger partial charge in [-0.1, -0.05) is 12.2 Å². The maximum Gasteiger partial charge on any atom is 0.174 e. The van der Waals surface area contributed by atoms with Gasteiger partial charge in [-0.3, -0.25) is 0 Å². The number of halogens is 1. The number of aromatic nitrogens is 1. The Labute approximate surface area is 82.7 Å². The zero-order chi connectivity index (χ0) is 10.6. The Kier molecular flexibility index (Phi) is 3.56. The average molecular weight is 218 g/mol. The Morgan fingerprint density at radius 2 is 1.86 bits per heavy atom. The maximum atomic E-state index is 8.49. The third-order valence-corrected chi connectivity index (χ3v) is 1.63. The summed E-state index contributed by atoms with van der Waals surface area (Å²) in [4.78, 5) is 3.04. The van der Waals surface area contributed by atoms with E-state index in [1.165, 1.54) is 11.1 Å². The number of hydrogen-bond acceptors (Lipinski definition) is 4. The second kappa shape index (κ2) is 4.50. The van der Waals surface area contributed by atoms with Crippen LogP contribution in [0.2, 0.25) is 0 Å². The molecular formula is C8H8ClNO4. The molecule has 1 aliphatic carbocycles.